The molecule has 0 saturated carbocycles. The SMILES string of the molecule is CCCC(Br)Cc1ccc(OC)cc1. The highest BCUT2D eigenvalue weighted by Crippen LogP contribution is 2.17. The molecule has 0 bridgehead atoms. The third kappa shape index (κ3) is 3.70. The zero-order valence-corrected chi connectivity index (χ0v) is 10.4. The van der Waals surface area contributed by atoms with E-state index in [0.29, 0.717) is 4.83 Å². The molecule has 0 aliphatic heterocycles. The summed E-state index contributed by atoms with van der Waals surface area (Å²) in [5, 5.41) is 0. The average molecular weight is 257 g/mol. The first kappa shape index (κ1) is 11.6. The fourth-order valence-electron chi connectivity index (χ4n) is 1.43. The Balaban J connectivity index is 2.50. The van der Waals surface area contributed by atoms with E-state index in [1.54, 1.807) is 7.11 Å². The second-order valence-electron chi connectivity index (χ2n) is 3.44. The van der Waals surface area contributed by atoms with E-state index in [2.05, 4.69) is 35.0 Å². The van der Waals surface area contributed by atoms with Crippen LogP contribution in [0.4, 0.5) is 0 Å². The molecule has 1 aromatic rings. The van der Waals surface area contributed by atoms with Crippen LogP contribution in [0.25, 0.3) is 0 Å². The first-order chi connectivity index (χ1) is 6.76. The number of methoxy groups -OCH3 is 1. The number of halogens is 1. The molecule has 0 saturated heterocycles. The van der Waals surface area contributed by atoms with Crippen molar-refractivity contribution in [2.24, 2.45) is 0 Å². The zero-order valence-electron chi connectivity index (χ0n) is 8.79. The van der Waals surface area contributed by atoms with Gasteiger partial charge in [0.2, 0.25) is 0 Å². The van der Waals surface area contributed by atoms with E-state index in [4.69, 9.17) is 4.74 Å². The number of rotatable bonds is 5. The van der Waals surface area contributed by atoms with Crippen LogP contribution in [0.2, 0.25) is 0 Å². The third-order valence-corrected chi connectivity index (χ3v) is 3.00. The van der Waals surface area contributed by atoms with Crippen molar-refractivity contribution in [1.82, 2.24) is 0 Å². The van der Waals surface area contributed by atoms with Crippen molar-refractivity contribution in [3.8, 4) is 5.75 Å². The number of hydrogen-bond acceptors (Lipinski definition) is 1. The highest BCUT2D eigenvalue weighted by atomic mass is 79.9. The Morgan fingerprint density at radius 1 is 1.29 bits per heavy atom. The van der Waals surface area contributed by atoms with Gasteiger partial charge in [-0.1, -0.05) is 41.4 Å². The maximum atomic E-state index is 5.11. The van der Waals surface area contributed by atoms with E-state index >= 15 is 0 Å². The summed E-state index contributed by atoms with van der Waals surface area (Å²) in [5.74, 6) is 0.926. The normalized spacial score (nSPS) is 12.5. The summed E-state index contributed by atoms with van der Waals surface area (Å²) < 4.78 is 5.11. The third-order valence-electron chi connectivity index (χ3n) is 2.22. The number of hydrogen-bond donors (Lipinski definition) is 0. The molecule has 0 spiro atoms. The Morgan fingerprint density at radius 2 is 1.93 bits per heavy atom. The van der Waals surface area contributed by atoms with E-state index < -0.39 is 0 Å². The van der Waals surface area contributed by atoms with Crippen LogP contribution in [0.1, 0.15) is 25.3 Å². The van der Waals surface area contributed by atoms with Gasteiger partial charge in [-0.25, -0.2) is 0 Å². The molecule has 14 heavy (non-hydrogen) atoms. The lowest BCUT2D eigenvalue weighted by Gasteiger charge is -2.08. The summed E-state index contributed by atoms with van der Waals surface area (Å²) in [6.45, 7) is 2.21. The van der Waals surface area contributed by atoms with Gasteiger partial charge < -0.3 is 4.74 Å². The van der Waals surface area contributed by atoms with Crippen LogP contribution in [0.3, 0.4) is 0 Å². The van der Waals surface area contributed by atoms with E-state index in [1.807, 2.05) is 12.1 Å². The predicted molar refractivity (Wildman–Crippen MR) is 64.3 cm³/mol. The first-order valence-corrected chi connectivity index (χ1v) is 5.94. The largest absolute Gasteiger partial charge is 0.497 e. The fourth-order valence-corrected chi connectivity index (χ4v) is 2.26. The van der Waals surface area contributed by atoms with Crippen molar-refractivity contribution in [3.05, 3.63) is 29.8 Å². The molecule has 0 amide bonds. The average Bonchev–Trinajstić information content (AvgIpc) is 2.19. The van der Waals surface area contributed by atoms with E-state index in [1.165, 1.54) is 18.4 Å². The Bertz CT molecular complexity index is 256. The molecule has 2 heteroatoms. The van der Waals surface area contributed by atoms with Crippen molar-refractivity contribution in [2.75, 3.05) is 7.11 Å². The molecule has 1 unspecified atom stereocenters. The van der Waals surface area contributed by atoms with Gasteiger partial charge in [-0.2, -0.15) is 0 Å². The summed E-state index contributed by atoms with van der Waals surface area (Å²) in [4.78, 5) is 0.598. The van der Waals surface area contributed by atoms with Gasteiger partial charge >= 0.3 is 0 Å². The van der Waals surface area contributed by atoms with Gasteiger partial charge in [0.15, 0.2) is 0 Å². The van der Waals surface area contributed by atoms with Gasteiger partial charge in [0, 0.05) is 4.83 Å². The quantitative estimate of drug-likeness (QED) is 0.729. The summed E-state index contributed by atoms with van der Waals surface area (Å²) >= 11 is 3.68. The van der Waals surface area contributed by atoms with E-state index in [0.717, 1.165) is 12.2 Å². The smallest absolute Gasteiger partial charge is 0.118 e. The minimum Gasteiger partial charge on any atom is -0.497 e. The molecular weight excluding hydrogens is 240 g/mol. The van der Waals surface area contributed by atoms with Gasteiger partial charge in [-0.3, -0.25) is 0 Å². The maximum Gasteiger partial charge on any atom is 0.118 e. The lowest BCUT2D eigenvalue weighted by molar-refractivity contribution is 0.414. The van der Waals surface area contributed by atoms with Crippen LogP contribution >= 0.6 is 15.9 Å². The number of alkyl halides is 1. The molecule has 1 rings (SSSR count). The molecule has 0 aromatic heterocycles. The standard InChI is InChI=1S/C12H17BrO/c1-3-4-11(13)9-10-5-7-12(14-2)8-6-10/h5-8,11H,3-4,9H2,1-2H3. The minimum absolute atomic E-state index is 0.598. The van der Waals surface area contributed by atoms with Crippen molar-refractivity contribution in [3.63, 3.8) is 0 Å². The lowest BCUT2D eigenvalue weighted by atomic mass is 10.1. The fraction of sp³-hybridized carbons (Fsp3) is 0.500. The Labute approximate surface area is 94.6 Å². The summed E-state index contributed by atoms with van der Waals surface area (Å²) in [6, 6.07) is 8.29. The van der Waals surface area contributed by atoms with Gasteiger partial charge in [0.1, 0.15) is 5.75 Å². The van der Waals surface area contributed by atoms with Gasteiger partial charge in [-0.15, -0.1) is 0 Å². The molecule has 1 nitrogen and oxygen atoms in total. The summed E-state index contributed by atoms with van der Waals surface area (Å²) in [5.41, 5.74) is 1.36. The lowest BCUT2D eigenvalue weighted by Crippen LogP contribution is -2.01. The number of benzene rings is 1. The topological polar surface area (TPSA) is 9.23 Å². The van der Waals surface area contributed by atoms with Crippen LogP contribution in [0.5, 0.6) is 5.75 Å². The Morgan fingerprint density at radius 3 is 2.43 bits per heavy atom. The maximum absolute atomic E-state index is 5.11. The van der Waals surface area contributed by atoms with Crippen molar-refractivity contribution >= 4 is 15.9 Å². The zero-order chi connectivity index (χ0) is 10.4. The molecule has 0 fully saturated rings. The van der Waals surface area contributed by atoms with Crippen LogP contribution < -0.4 is 4.74 Å². The Hall–Kier alpha value is -0.500. The molecule has 0 N–H and O–H groups in total. The van der Waals surface area contributed by atoms with Crippen molar-refractivity contribution < 1.29 is 4.74 Å². The van der Waals surface area contributed by atoms with Crippen LogP contribution in [-0.2, 0) is 6.42 Å². The predicted octanol–water partition coefficient (Wildman–Crippen LogP) is 3.80. The second-order valence-corrected chi connectivity index (χ2v) is 4.73. The van der Waals surface area contributed by atoms with Gasteiger partial charge in [0.25, 0.3) is 0 Å². The monoisotopic (exact) mass is 256 g/mol. The van der Waals surface area contributed by atoms with Crippen LogP contribution in [-0.4, -0.2) is 11.9 Å². The molecule has 0 aliphatic carbocycles. The minimum atomic E-state index is 0.598. The van der Waals surface area contributed by atoms with Gasteiger partial charge in [-0.05, 0) is 30.5 Å². The summed E-state index contributed by atoms with van der Waals surface area (Å²) in [7, 11) is 1.69. The summed E-state index contributed by atoms with van der Waals surface area (Å²) in [6.07, 6.45) is 3.55. The van der Waals surface area contributed by atoms with Crippen LogP contribution in [0.15, 0.2) is 24.3 Å². The molecule has 1 aromatic carbocycles. The highest BCUT2D eigenvalue weighted by molar-refractivity contribution is 9.09. The molecule has 0 radical (unpaired) electrons. The molecule has 0 heterocycles. The van der Waals surface area contributed by atoms with E-state index in [-0.39, 0.29) is 0 Å². The van der Waals surface area contributed by atoms with Crippen molar-refractivity contribution in [1.29, 1.82) is 0 Å². The highest BCUT2D eigenvalue weighted by Gasteiger charge is 2.03. The molecule has 78 valence electrons. The molecular formula is C12H17BrO. The van der Waals surface area contributed by atoms with E-state index in [9.17, 15) is 0 Å². The first-order valence-electron chi connectivity index (χ1n) is 5.03. The second kappa shape index (κ2) is 6.07. The van der Waals surface area contributed by atoms with Gasteiger partial charge in [0.05, 0.1) is 7.11 Å². The van der Waals surface area contributed by atoms with Crippen molar-refractivity contribution in [2.45, 2.75) is 31.0 Å². The molecule has 0 aliphatic rings. The van der Waals surface area contributed by atoms with Crippen LogP contribution in [0, 0.1) is 0 Å². The number of ether oxygens (including phenoxy) is 1. The Kier molecular flexibility index (Phi) is 5.02. The molecule has 1 atom stereocenters.